The third-order valence-corrected chi connectivity index (χ3v) is 3.68. The quantitative estimate of drug-likeness (QED) is 0.725. The maximum atomic E-state index is 11.9. The minimum absolute atomic E-state index is 0.143. The SMILES string of the molecule is O=C(NC1CC2CCC(C1)N2)C1=COCCO1. The molecule has 3 heterocycles. The number of carbonyl (C=O) groups excluding carboxylic acids is 1. The number of hydrogen-bond donors (Lipinski definition) is 2. The third-order valence-electron chi connectivity index (χ3n) is 3.68. The molecule has 94 valence electrons. The van der Waals surface area contributed by atoms with Crippen molar-refractivity contribution in [2.24, 2.45) is 0 Å². The topological polar surface area (TPSA) is 59.6 Å². The van der Waals surface area contributed by atoms with Crippen LogP contribution in [0.25, 0.3) is 0 Å². The summed E-state index contributed by atoms with van der Waals surface area (Å²) in [5, 5.41) is 6.59. The second kappa shape index (κ2) is 4.56. The molecule has 0 saturated carbocycles. The van der Waals surface area contributed by atoms with E-state index in [1.54, 1.807) is 0 Å². The molecule has 2 saturated heterocycles. The second-order valence-corrected chi connectivity index (χ2v) is 4.98. The van der Waals surface area contributed by atoms with E-state index >= 15 is 0 Å². The van der Waals surface area contributed by atoms with E-state index in [0.717, 1.165) is 12.8 Å². The van der Waals surface area contributed by atoms with E-state index in [2.05, 4.69) is 10.6 Å². The first kappa shape index (κ1) is 10.9. The Balaban J connectivity index is 1.56. The van der Waals surface area contributed by atoms with Crippen molar-refractivity contribution in [3.8, 4) is 0 Å². The van der Waals surface area contributed by atoms with Crippen molar-refractivity contribution in [2.45, 2.75) is 43.8 Å². The van der Waals surface area contributed by atoms with Crippen LogP contribution in [-0.4, -0.2) is 37.2 Å². The van der Waals surface area contributed by atoms with Gasteiger partial charge in [-0.05, 0) is 25.7 Å². The van der Waals surface area contributed by atoms with Gasteiger partial charge in [0.1, 0.15) is 19.5 Å². The zero-order chi connectivity index (χ0) is 11.7. The second-order valence-electron chi connectivity index (χ2n) is 4.98. The standard InChI is InChI=1S/C12H18N2O3/c15-12(11-7-16-3-4-17-11)14-10-5-8-1-2-9(6-10)13-8/h7-10,13H,1-6H2,(H,14,15). The highest BCUT2D eigenvalue weighted by molar-refractivity contribution is 5.91. The van der Waals surface area contributed by atoms with Crippen LogP contribution in [-0.2, 0) is 14.3 Å². The van der Waals surface area contributed by atoms with Gasteiger partial charge in [-0.25, -0.2) is 0 Å². The van der Waals surface area contributed by atoms with E-state index in [0.29, 0.717) is 31.1 Å². The Morgan fingerprint density at radius 2 is 2.06 bits per heavy atom. The summed E-state index contributed by atoms with van der Waals surface area (Å²) in [6.45, 7) is 0.977. The Labute approximate surface area is 101 Å². The number of rotatable bonds is 2. The third kappa shape index (κ3) is 2.39. The van der Waals surface area contributed by atoms with Gasteiger partial charge in [-0.3, -0.25) is 4.79 Å². The molecule has 2 unspecified atom stereocenters. The molecule has 0 aromatic carbocycles. The summed E-state index contributed by atoms with van der Waals surface area (Å²) in [6.07, 6.45) is 5.93. The maximum absolute atomic E-state index is 11.9. The van der Waals surface area contributed by atoms with Gasteiger partial charge in [0.25, 0.3) is 5.91 Å². The molecule has 5 nitrogen and oxygen atoms in total. The van der Waals surface area contributed by atoms with E-state index in [4.69, 9.17) is 9.47 Å². The molecule has 0 spiro atoms. The van der Waals surface area contributed by atoms with Crippen molar-refractivity contribution >= 4 is 5.91 Å². The average Bonchev–Trinajstić information content (AvgIpc) is 2.70. The lowest BCUT2D eigenvalue weighted by Crippen LogP contribution is -2.48. The zero-order valence-electron chi connectivity index (χ0n) is 9.78. The lowest BCUT2D eigenvalue weighted by atomic mass is 10.00. The molecule has 1 amide bonds. The molecule has 2 N–H and O–H groups in total. The Morgan fingerprint density at radius 1 is 1.29 bits per heavy atom. The number of fused-ring (bicyclic) bond motifs is 2. The van der Waals surface area contributed by atoms with Gasteiger partial charge >= 0.3 is 0 Å². The summed E-state index contributed by atoms with van der Waals surface area (Å²) in [4.78, 5) is 11.9. The van der Waals surface area contributed by atoms with Crippen LogP contribution in [0, 0.1) is 0 Å². The van der Waals surface area contributed by atoms with E-state index in [-0.39, 0.29) is 11.9 Å². The molecule has 3 aliphatic heterocycles. The van der Waals surface area contributed by atoms with Crippen molar-refractivity contribution in [3.63, 3.8) is 0 Å². The fraction of sp³-hybridized carbons (Fsp3) is 0.750. The predicted octanol–water partition coefficient (Wildman–Crippen LogP) is 0.274. The largest absolute Gasteiger partial charge is 0.494 e. The van der Waals surface area contributed by atoms with Crippen LogP contribution >= 0.6 is 0 Å². The van der Waals surface area contributed by atoms with Gasteiger partial charge < -0.3 is 20.1 Å². The summed E-state index contributed by atoms with van der Waals surface area (Å²) in [5.74, 6) is 0.165. The number of ether oxygens (including phenoxy) is 2. The van der Waals surface area contributed by atoms with Crippen LogP contribution in [0.3, 0.4) is 0 Å². The molecule has 2 atom stereocenters. The van der Waals surface area contributed by atoms with Gasteiger partial charge in [0.15, 0.2) is 0 Å². The maximum Gasteiger partial charge on any atom is 0.289 e. The lowest BCUT2D eigenvalue weighted by Gasteiger charge is -2.30. The first-order chi connectivity index (χ1) is 8.31. The summed E-state index contributed by atoms with van der Waals surface area (Å²) in [6, 6.07) is 1.43. The van der Waals surface area contributed by atoms with Crippen LogP contribution in [0.4, 0.5) is 0 Å². The Hall–Kier alpha value is -1.23. The average molecular weight is 238 g/mol. The van der Waals surface area contributed by atoms with Gasteiger partial charge in [0.2, 0.25) is 5.76 Å². The van der Waals surface area contributed by atoms with E-state index in [1.807, 2.05) is 0 Å². The molecule has 0 aromatic rings. The number of piperidine rings is 1. The molecular formula is C12H18N2O3. The Morgan fingerprint density at radius 3 is 2.71 bits per heavy atom. The van der Waals surface area contributed by atoms with Gasteiger partial charge in [-0.15, -0.1) is 0 Å². The van der Waals surface area contributed by atoms with Crippen LogP contribution in [0.1, 0.15) is 25.7 Å². The van der Waals surface area contributed by atoms with Gasteiger partial charge in [0, 0.05) is 18.1 Å². The summed E-state index contributed by atoms with van der Waals surface area (Å²) >= 11 is 0. The minimum Gasteiger partial charge on any atom is -0.494 e. The fourth-order valence-electron chi connectivity index (χ4n) is 2.92. The molecule has 5 heteroatoms. The molecule has 2 fully saturated rings. The first-order valence-corrected chi connectivity index (χ1v) is 6.33. The normalized spacial score (nSPS) is 35.5. The predicted molar refractivity (Wildman–Crippen MR) is 61.1 cm³/mol. The van der Waals surface area contributed by atoms with Crippen molar-refractivity contribution < 1.29 is 14.3 Å². The fourth-order valence-corrected chi connectivity index (χ4v) is 2.92. The molecule has 0 aliphatic carbocycles. The van der Waals surface area contributed by atoms with E-state index in [1.165, 1.54) is 19.1 Å². The van der Waals surface area contributed by atoms with Crippen LogP contribution in [0.15, 0.2) is 12.0 Å². The molecule has 3 aliphatic rings. The highest BCUT2D eigenvalue weighted by Gasteiger charge is 2.34. The molecule has 0 aromatic heterocycles. The van der Waals surface area contributed by atoms with Crippen molar-refractivity contribution in [1.29, 1.82) is 0 Å². The summed E-state index contributed by atoms with van der Waals surface area (Å²) < 4.78 is 10.3. The Bertz CT molecular complexity index is 331. The van der Waals surface area contributed by atoms with Crippen molar-refractivity contribution in [2.75, 3.05) is 13.2 Å². The van der Waals surface area contributed by atoms with Crippen LogP contribution < -0.4 is 10.6 Å². The molecule has 2 bridgehead atoms. The number of carbonyl (C=O) groups is 1. The van der Waals surface area contributed by atoms with Crippen molar-refractivity contribution in [1.82, 2.24) is 10.6 Å². The van der Waals surface area contributed by atoms with Gasteiger partial charge in [-0.1, -0.05) is 0 Å². The minimum atomic E-state index is -0.143. The van der Waals surface area contributed by atoms with Crippen LogP contribution in [0.5, 0.6) is 0 Å². The lowest BCUT2D eigenvalue weighted by molar-refractivity contribution is -0.123. The molecular weight excluding hydrogens is 220 g/mol. The number of amides is 1. The smallest absolute Gasteiger partial charge is 0.289 e. The first-order valence-electron chi connectivity index (χ1n) is 6.33. The summed E-state index contributed by atoms with van der Waals surface area (Å²) in [7, 11) is 0. The van der Waals surface area contributed by atoms with Gasteiger partial charge in [0.05, 0.1) is 0 Å². The van der Waals surface area contributed by atoms with Crippen molar-refractivity contribution in [3.05, 3.63) is 12.0 Å². The monoisotopic (exact) mass is 238 g/mol. The highest BCUT2D eigenvalue weighted by Crippen LogP contribution is 2.26. The molecule has 3 rings (SSSR count). The molecule has 0 radical (unpaired) electrons. The van der Waals surface area contributed by atoms with Gasteiger partial charge in [-0.2, -0.15) is 0 Å². The van der Waals surface area contributed by atoms with E-state index in [9.17, 15) is 4.79 Å². The Kier molecular flexibility index (Phi) is 2.93. The van der Waals surface area contributed by atoms with Crippen LogP contribution in [0.2, 0.25) is 0 Å². The summed E-state index contributed by atoms with van der Waals surface area (Å²) in [5.41, 5.74) is 0. The number of nitrogens with one attached hydrogen (secondary N) is 2. The molecule has 17 heavy (non-hydrogen) atoms. The highest BCUT2D eigenvalue weighted by atomic mass is 16.6. The number of hydrogen-bond acceptors (Lipinski definition) is 4. The van der Waals surface area contributed by atoms with E-state index < -0.39 is 0 Å². The zero-order valence-corrected chi connectivity index (χ0v) is 9.78.